The van der Waals surface area contributed by atoms with Crippen LogP contribution < -0.4 is 15.4 Å². The van der Waals surface area contributed by atoms with E-state index < -0.39 is 0 Å². The van der Waals surface area contributed by atoms with Crippen LogP contribution in [0.15, 0.2) is 24.3 Å². The van der Waals surface area contributed by atoms with E-state index in [1.807, 2.05) is 6.07 Å². The number of rotatable bonds is 5. The number of carbonyl (C=O) groups is 1. The minimum Gasteiger partial charge on any atom is -0.497 e. The zero-order valence-electron chi connectivity index (χ0n) is 15.7. The quantitative estimate of drug-likeness (QED) is 0.825. The van der Waals surface area contributed by atoms with Gasteiger partial charge >= 0.3 is 0 Å². The Morgan fingerprint density at radius 3 is 2.65 bits per heavy atom. The van der Waals surface area contributed by atoms with Crippen molar-refractivity contribution >= 4 is 18.3 Å². The molecule has 1 spiro atoms. The largest absolute Gasteiger partial charge is 0.497 e. The minimum atomic E-state index is 0. The molecule has 3 fully saturated rings. The van der Waals surface area contributed by atoms with E-state index >= 15 is 0 Å². The van der Waals surface area contributed by atoms with Gasteiger partial charge in [0.25, 0.3) is 0 Å². The lowest BCUT2D eigenvalue weighted by Gasteiger charge is -2.31. The smallest absolute Gasteiger partial charge is 0.223 e. The van der Waals surface area contributed by atoms with Crippen LogP contribution in [0, 0.1) is 11.3 Å². The molecule has 1 saturated heterocycles. The Kier molecular flexibility index (Phi) is 5.83. The fourth-order valence-corrected chi connectivity index (χ4v) is 5.15. The molecule has 0 radical (unpaired) electrons. The highest BCUT2D eigenvalue weighted by Crippen LogP contribution is 2.58. The third-order valence-electron chi connectivity index (χ3n) is 6.95. The molecule has 144 valence electrons. The van der Waals surface area contributed by atoms with Crippen molar-refractivity contribution in [2.75, 3.05) is 26.7 Å². The lowest BCUT2D eigenvalue weighted by Crippen LogP contribution is -2.41. The average molecular weight is 379 g/mol. The highest BCUT2D eigenvalue weighted by Gasteiger charge is 2.57. The first kappa shape index (κ1) is 19.5. The van der Waals surface area contributed by atoms with Gasteiger partial charge in [-0.1, -0.05) is 25.0 Å². The van der Waals surface area contributed by atoms with E-state index in [9.17, 15) is 4.79 Å². The van der Waals surface area contributed by atoms with Crippen molar-refractivity contribution in [2.45, 2.75) is 50.4 Å². The second-order valence-electron chi connectivity index (χ2n) is 8.31. The van der Waals surface area contributed by atoms with Crippen LogP contribution in [0.25, 0.3) is 0 Å². The van der Waals surface area contributed by atoms with Crippen molar-refractivity contribution in [3.63, 3.8) is 0 Å². The minimum absolute atomic E-state index is 0. The lowest BCUT2D eigenvalue weighted by molar-refractivity contribution is -0.123. The Labute approximate surface area is 162 Å². The number of hydrogen-bond donors (Lipinski definition) is 2. The van der Waals surface area contributed by atoms with Crippen LogP contribution in [0.2, 0.25) is 0 Å². The van der Waals surface area contributed by atoms with Crippen LogP contribution in [-0.4, -0.2) is 32.7 Å². The first-order valence-corrected chi connectivity index (χ1v) is 9.81. The number of halogens is 1. The fourth-order valence-electron chi connectivity index (χ4n) is 5.15. The Morgan fingerprint density at radius 2 is 1.96 bits per heavy atom. The lowest BCUT2D eigenvalue weighted by atomic mass is 9.78. The number of carbonyl (C=O) groups excluding carboxylic acids is 1. The van der Waals surface area contributed by atoms with Gasteiger partial charge in [-0.3, -0.25) is 4.79 Å². The standard InChI is InChI=1S/C21H30N2O2.ClH/c1-25-17-6-4-5-16(13-17)21(7-2-3-8-21)15-23-19(24)18-14-20(18)9-11-22-12-10-20;/h4-6,13,18,22H,2-3,7-12,14-15H2,1H3,(H,23,24);1H. The zero-order chi connectivity index (χ0) is 17.3. The highest BCUT2D eigenvalue weighted by molar-refractivity contribution is 5.85. The fraction of sp³-hybridized carbons (Fsp3) is 0.667. The van der Waals surface area contributed by atoms with Crippen molar-refractivity contribution in [1.29, 1.82) is 0 Å². The van der Waals surface area contributed by atoms with Crippen LogP contribution in [-0.2, 0) is 10.2 Å². The molecule has 4 rings (SSSR count). The van der Waals surface area contributed by atoms with Crippen molar-refractivity contribution in [1.82, 2.24) is 10.6 Å². The third-order valence-corrected chi connectivity index (χ3v) is 6.95. The SMILES string of the molecule is COc1cccc(C2(CNC(=O)C3CC34CCNCC4)CCCC2)c1.Cl. The summed E-state index contributed by atoms with van der Waals surface area (Å²) >= 11 is 0. The number of benzene rings is 1. The summed E-state index contributed by atoms with van der Waals surface area (Å²) < 4.78 is 5.42. The summed E-state index contributed by atoms with van der Waals surface area (Å²) in [5, 5.41) is 6.75. The first-order chi connectivity index (χ1) is 12.2. The van der Waals surface area contributed by atoms with Crippen LogP contribution in [0.1, 0.15) is 50.5 Å². The second-order valence-corrected chi connectivity index (χ2v) is 8.31. The number of ether oxygens (including phenoxy) is 1. The van der Waals surface area contributed by atoms with Gasteiger partial charge in [-0.05, 0) is 68.3 Å². The Balaban J connectivity index is 0.00000196. The maximum atomic E-state index is 12.8. The maximum Gasteiger partial charge on any atom is 0.223 e. The van der Waals surface area contributed by atoms with Gasteiger partial charge in [0, 0.05) is 17.9 Å². The molecule has 1 heterocycles. The molecule has 2 aliphatic carbocycles. The van der Waals surface area contributed by atoms with Crippen molar-refractivity contribution in [3.05, 3.63) is 29.8 Å². The number of piperidine rings is 1. The van der Waals surface area contributed by atoms with Gasteiger partial charge in [-0.25, -0.2) is 0 Å². The van der Waals surface area contributed by atoms with Crippen LogP contribution in [0.3, 0.4) is 0 Å². The summed E-state index contributed by atoms with van der Waals surface area (Å²) in [5.41, 5.74) is 1.71. The van der Waals surface area contributed by atoms with Gasteiger partial charge in [0.15, 0.2) is 0 Å². The topological polar surface area (TPSA) is 50.4 Å². The van der Waals surface area contributed by atoms with Gasteiger partial charge in [0.1, 0.15) is 5.75 Å². The normalized spacial score (nSPS) is 25.3. The molecule has 1 aromatic rings. The monoisotopic (exact) mass is 378 g/mol. The van der Waals surface area contributed by atoms with E-state index in [2.05, 4.69) is 28.8 Å². The van der Waals surface area contributed by atoms with E-state index in [1.165, 1.54) is 18.4 Å². The molecule has 1 aliphatic heterocycles. The molecule has 4 nitrogen and oxygen atoms in total. The molecule has 1 aromatic carbocycles. The molecular weight excluding hydrogens is 348 g/mol. The van der Waals surface area contributed by atoms with E-state index in [0.29, 0.717) is 5.41 Å². The Morgan fingerprint density at radius 1 is 1.23 bits per heavy atom. The van der Waals surface area contributed by atoms with Crippen LogP contribution in [0.5, 0.6) is 5.75 Å². The number of nitrogens with one attached hydrogen (secondary N) is 2. The van der Waals surface area contributed by atoms with E-state index in [1.54, 1.807) is 7.11 Å². The summed E-state index contributed by atoms with van der Waals surface area (Å²) in [4.78, 5) is 12.8. The van der Waals surface area contributed by atoms with Gasteiger partial charge in [0.2, 0.25) is 5.91 Å². The molecule has 26 heavy (non-hydrogen) atoms. The summed E-state index contributed by atoms with van der Waals surface area (Å²) in [6, 6.07) is 8.42. The number of hydrogen-bond acceptors (Lipinski definition) is 3. The molecule has 3 aliphatic rings. The molecule has 2 saturated carbocycles. The average Bonchev–Trinajstić information content (AvgIpc) is 3.13. The van der Waals surface area contributed by atoms with Crippen molar-refractivity contribution in [3.8, 4) is 5.75 Å². The summed E-state index contributed by atoms with van der Waals surface area (Å²) in [6.45, 7) is 2.90. The van der Waals surface area contributed by atoms with Gasteiger partial charge < -0.3 is 15.4 Å². The molecular formula is C21H31ClN2O2. The van der Waals surface area contributed by atoms with Gasteiger partial charge in [-0.15, -0.1) is 12.4 Å². The van der Waals surface area contributed by atoms with Gasteiger partial charge in [0.05, 0.1) is 7.11 Å². The molecule has 0 bridgehead atoms. The predicted octanol–water partition coefficient (Wildman–Crippen LogP) is 3.43. The molecule has 1 atom stereocenters. The Bertz CT molecular complexity index is 637. The highest BCUT2D eigenvalue weighted by atomic mass is 35.5. The summed E-state index contributed by atoms with van der Waals surface area (Å²) in [5.74, 6) is 1.44. The van der Waals surface area contributed by atoms with E-state index in [-0.39, 0.29) is 29.6 Å². The molecule has 1 unspecified atom stereocenters. The second kappa shape index (κ2) is 7.77. The molecule has 1 amide bonds. The Hall–Kier alpha value is -1.26. The van der Waals surface area contributed by atoms with Crippen molar-refractivity contribution in [2.24, 2.45) is 11.3 Å². The predicted molar refractivity (Wildman–Crippen MR) is 106 cm³/mol. The van der Waals surface area contributed by atoms with E-state index in [0.717, 1.165) is 57.5 Å². The number of methoxy groups -OCH3 is 1. The van der Waals surface area contributed by atoms with Crippen molar-refractivity contribution < 1.29 is 9.53 Å². The first-order valence-electron chi connectivity index (χ1n) is 9.81. The van der Waals surface area contributed by atoms with Crippen LogP contribution >= 0.6 is 12.4 Å². The molecule has 2 N–H and O–H groups in total. The number of amides is 1. The maximum absolute atomic E-state index is 12.8. The molecule has 0 aromatic heterocycles. The zero-order valence-corrected chi connectivity index (χ0v) is 16.5. The van der Waals surface area contributed by atoms with Gasteiger partial charge in [-0.2, -0.15) is 0 Å². The summed E-state index contributed by atoms with van der Waals surface area (Å²) in [6.07, 6.45) is 8.20. The van der Waals surface area contributed by atoms with E-state index in [4.69, 9.17) is 4.74 Å². The third kappa shape index (κ3) is 3.59. The summed E-state index contributed by atoms with van der Waals surface area (Å²) in [7, 11) is 1.72. The van der Waals surface area contributed by atoms with Crippen LogP contribution in [0.4, 0.5) is 0 Å². The molecule has 5 heteroatoms.